The van der Waals surface area contributed by atoms with E-state index in [1.54, 1.807) is 59.2 Å². The number of aliphatic hydroxyl groups excluding tert-OH is 1. The van der Waals surface area contributed by atoms with E-state index < -0.39 is 37.4 Å². The molecule has 0 bridgehead atoms. The molecule has 0 saturated carbocycles. The van der Waals surface area contributed by atoms with E-state index in [-0.39, 0.29) is 17.9 Å². The molecule has 1 aromatic heterocycles. The molecule has 39 heavy (non-hydrogen) atoms. The topological polar surface area (TPSA) is 89.8 Å². The molecule has 0 radical (unpaired) electrons. The van der Waals surface area contributed by atoms with Crippen LogP contribution in [0, 0.1) is 0 Å². The number of amides is 1. The Labute approximate surface area is 226 Å². The number of alkyl halides is 3. The van der Waals surface area contributed by atoms with Crippen molar-refractivity contribution in [2.24, 2.45) is 0 Å². The molecule has 7 nitrogen and oxygen atoms in total. The molecule has 0 spiro atoms. The fourth-order valence-electron chi connectivity index (χ4n) is 4.02. The maximum atomic E-state index is 12.9. The van der Waals surface area contributed by atoms with Gasteiger partial charge in [0.1, 0.15) is 25.1 Å². The third-order valence-corrected chi connectivity index (χ3v) is 6.90. The molecular weight excluding hydrogens is 533 g/mol. The summed E-state index contributed by atoms with van der Waals surface area (Å²) < 4.78 is 51.8. The molecule has 0 aliphatic heterocycles. The molecule has 1 amide bonds. The molecule has 0 aliphatic carbocycles. The summed E-state index contributed by atoms with van der Waals surface area (Å²) in [5.41, 5.74) is 2.01. The Bertz CT molecular complexity index is 1420. The van der Waals surface area contributed by atoms with Crippen LogP contribution in [-0.2, 0) is 22.5 Å². The number of rotatable bonds is 12. The van der Waals surface area contributed by atoms with E-state index >= 15 is 0 Å². The molecule has 1 unspecified atom stereocenters. The minimum atomic E-state index is -4.61. The molecule has 4 rings (SSSR count). The average Bonchev–Trinajstić information content (AvgIpc) is 3.25. The van der Waals surface area contributed by atoms with Gasteiger partial charge in [-0.3, -0.25) is 14.2 Å². The summed E-state index contributed by atoms with van der Waals surface area (Å²) in [5.74, 6) is -0.260. The number of carbonyl (C=O) groups excluding carboxylic acids is 1. The molecule has 0 saturated heterocycles. The Hall–Kier alpha value is -3.67. The van der Waals surface area contributed by atoms with E-state index in [0.29, 0.717) is 23.4 Å². The van der Waals surface area contributed by atoms with Gasteiger partial charge in [0.25, 0.3) is 0 Å². The van der Waals surface area contributed by atoms with Crippen LogP contribution in [0.5, 0.6) is 5.75 Å². The Balaban J connectivity index is 1.38. The third-order valence-electron chi connectivity index (χ3n) is 5.94. The van der Waals surface area contributed by atoms with Crippen molar-refractivity contribution in [1.82, 2.24) is 9.88 Å². The van der Waals surface area contributed by atoms with Crippen molar-refractivity contribution in [2.75, 3.05) is 19.8 Å². The molecule has 206 valence electrons. The zero-order valence-electron chi connectivity index (χ0n) is 20.8. The number of halogens is 3. The summed E-state index contributed by atoms with van der Waals surface area (Å²) >= 11 is 1.17. The zero-order chi connectivity index (χ0) is 27.8. The first-order valence-corrected chi connectivity index (χ1v) is 13.0. The Kier molecular flexibility index (Phi) is 9.39. The number of hydrogen-bond acceptors (Lipinski definition) is 6. The van der Waals surface area contributed by atoms with E-state index in [1.807, 2.05) is 24.3 Å². The number of benzene rings is 3. The minimum absolute atomic E-state index is 0.0750. The largest absolute Gasteiger partial charge is 0.492 e. The van der Waals surface area contributed by atoms with Crippen LogP contribution in [0.4, 0.5) is 13.2 Å². The molecule has 0 fully saturated rings. The number of aliphatic hydroxyl groups is 1. The highest BCUT2D eigenvalue weighted by Gasteiger charge is 2.32. The molecule has 1 heterocycles. The van der Waals surface area contributed by atoms with Crippen molar-refractivity contribution in [2.45, 2.75) is 31.3 Å². The Morgan fingerprint density at radius 2 is 1.69 bits per heavy atom. The van der Waals surface area contributed by atoms with Gasteiger partial charge in [0.15, 0.2) is 0 Å². The number of nitrogens with one attached hydrogen (secondary N) is 1. The smallest absolute Gasteiger partial charge is 0.411 e. The van der Waals surface area contributed by atoms with Gasteiger partial charge in [-0.1, -0.05) is 65.9 Å². The van der Waals surface area contributed by atoms with Crippen molar-refractivity contribution in [3.05, 3.63) is 99.7 Å². The molecule has 2 N–H and O–H groups in total. The van der Waals surface area contributed by atoms with Crippen molar-refractivity contribution < 1.29 is 32.5 Å². The van der Waals surface area contributed by atoms with Crippen LogP contribution >= 0.6 is 11.3 Å². The van der Waals surface area contributed by atoms with E-state index in [2.05, 4.69) is 5.32 Å². The molecule has 0 aliphatic rings. The van der Waals surface area contributed by atoms with E-state index in [4.69, 9.17) is 9.47 Å². The number of fused-ring (bicyclic) bond motifs is 1. The standard InChI is InChI=1S/C28H27F3N2O5S/c29-28(30,31)18-38-24(26(35)32-22(17-34)20-6-2-1-3-7-20)16-19-10-12-21(13-11-19)37-15-14-33-23-8-4-5-9-25(23)39-27(33)36/h1-13,22,24,34H,14-18H2,(H,32,35)/t22-,24?/m1/s1. The number of hydrogen-bond donors (Lipinski definition) is 2. The van der Waals surface area contributed by atoms with Crippen LogP contribution in [-0.4, -0.2) is 47.7 Å². The van der Waals surface area contributed by atoms with E-state index in [0.717, 1.165) is 10.2 Å². The first kappa shape index (κ1) is 28.3. The fourth-order valence-corrected chi connectivity index (χ4v) is 4.94. The number of carbonyl (C=O) groups is 1. The summed E-state index contributed by atoms with van der Waals surface area (Å²) in [6, 6.07) is 21.9. The van der Waals surface area contributed by atoms with Crippen LogP contribution in [0.1, 0.15) is 17.2 Å². The molecular formula is C28H27F3N2O5S. The van der Waals surface area contributed by atoms with Gasteiger partial charge < -0.3 is 19.9 Å². The molecule has 11 heteroatoms. The quantitative estimate of drug-likeness (QED) is 0.267. The monoisotopic (exact) mass is 560 g/mol. The van der Waals surface area contributed by atoms with Crippen molar-refractivity contribution in [3.8, 4) is 5.75 Å². The fraction of sp³-hybridized carbons (Fsp3) is 0.286. The lowest BCUT2D eigenvalue weighted by Gasteiger charge is -2.23. The van der Waals surface area contributed by atoms with Gasteiger partial charge in [0.2, 0.25) is 5.91 Å². The van der Waals surface area contributed by atoms with Crippen LogP contribution in [0.25, 0.3) is 10.2 Å². The highest BCUT2D eigenvalue weighted by atomic mass is 32.1. The van der Waals surface area contributed by atoms with Gasteiger partial charge in [-0.25, -0.2) is 0 Å². The summed E-state index contributed by atoms with van der Waals surface area (Å²) in [5, 5.41) is 12.3. The number of nitrogens with zero attached hydrogens (tertiary/aromatic N) is 1. The number of aromatic nitrogens is 1. The normalized spacial score (nSPS) is 13.2. The van der Waals surface area contributed by atoms with Crippen LogP contribution in [0.2, 0.25) is 0 Å². The highest BCUT2D eigenvalue weighted by Crippen LogP contribution is 2.20. The maximum absolute atomic E-state index is 12.9. The summed E-state index contributed by atoms with van der Waals surface area (Å²) in [7, 11) is 0. The van der Waals surface area contributed by atoms with Crippen molar-refractivity contribution in [3.63, 3.8) is 0 Å². The van der Waals surface area contributed by atoms with Gasteiger partial charge in [0.05, 0.1) is 29.4 Å². The second kappa shape index (κ2) is 12.9. The lowest BCUT2D eigenvalue weighted by molar-refractivity contribution is -0.187. The van der Waals surface area contributed by atoms with Crippen molar-refractivity contribution >= 4 is 27.5 Å². The molecule has 2 atom stereocenters. The maximum Gasteiger partial charge on any atom is 0.411 e. The number of thiazole rings is 1. The first-order chi connectivity index (χ1) is 18.7. The number of para-hydroxylation sites is 1. The van der Waals surface area contributed by atoms with Crippen LogP contribution in [0.3, 0.4) is 0 Å². The molecule has 4 aromatic rings. The van der Waals surface area contributed by atoms with Gasteiger partial charge in [-0.15, -0.1) is 0 Å². The van der Waals surface area contributed by atoms with Gasteiger partial charge in [0, 0.05) is 6.42 Å². The predicted molar refractivity (Wildman–Crippen MR) is 142 cm³/mol. The SMILES string of the molecule is O=C(N[C@H](CO)c1ccccc1)C(Cc1ccc(OCCn2c(=O)sc3ccccc32)cc1)OCC(F)(F)F. The van der Waals surface area contributed by atoms with Gasteiger partial charge in [-0.05, 0) is 35.4 Å². The summed E-state index contributed by atoms with van der Waals surface area (Å²) in [6.45, 7) is -1.42. The van der Waals surface area contributed by atoms with Gasteiger partial charge in [-0.2, -0.15) is 13.2 Å². The first-order valence-electron chi connectivity index (χ1n) is 12.2. The minimum Gasteiger partial charge on any atom is -0.492 e. The van der Waals surface area contributed by atoms with E-state index in [9.17, 15) is 27.9 Å². The zero-order valence-corrected chi connectivity index (χ0v) is 21.6. The summed E-state index contributed by atoms with van der Waals surface area (Å²) in [6.07, 6.45) is -6.16. The third kappa shape index (κ3) is 7.92. The Morgan fingerprint density at radius 1 is 1.00 bits per heavy atom. The Morgan fingerprint density at radius 3 is 2.38 bits per heavy atom. The lowest BCUT2D eigenvalue weighted by Crippen LogP contribution is -2.42. The van der Waals surface area contributed by atoms with Crippen LogP contribution in [0.15, 0.2) is 83.7 Å². The van der Waals surface area contributed by atoms with Crippen molar-refractivity contribution in [1.29, 1.82) is 0 Å². The second-order valence-electron chi connectivity index (χ2n) is 8.75. The summed E-state index contributed by atoms with van der Waals surface area (Å²) in [4.78, 5) is 25.1. The van der Waals surface area contributed by atoms with Crippen LogP contribution < -0.4 is 14.9 Å². The molecule has 3 aromatic carbocycles. The highest BCUT2D eigenvalue weighted by molar-refractivity contribution is 7.16. The lowest BCUT2D eigenvalue weighted by atomic mass is 10.0. The second-order valence-corrected chi connectivity index (χ2v) is 9.75. The van der Waals surface area contributed by atoms with Gasteiger partial charge >= 0.3 is 11.0 Å². The average molecular weight is 561 g/mol. The predicted octanol–water partition coefficient (Wildman–Crippen LogP) is 4.48. The van der Waals surface area contributed by atoms with E-state index in [1.165, 1.54) is 11.3 Å². The number of ether oxygens (including phenoxy) is 2.